The topological polar surface area (TPSA) is 76.3 Å². The van der Waals surface area contributed by atoms with Gasteiger partial charge in [-0.25, -0.2) is 4.98 Å². The van der Waals surface area contributed by atoms with Gasteiger partial charge >= 0.3 is 0 Å². The minimum atomic E-state index is -0.488. The van der Waals surface area contributed by atoms with E-state index in [1.807, 2.05) is 91.0 Å². The Morgan fingerprint density at radius 3 is 2.11 bits per heavy atom. The van der Waals surface area contributed by atoms with Crippen molar-refractivity contribution in [2.45, 2.75) is 18.0 Å². The highest BCUT2D eigenvalue weighted by Gasteiger charge is 2.56. The quantitative estimate of drug-likeness (QED) is 0.109. The van der Waals surface area contributed by atoms with E-state index >= 15 is 0 Å². The van der Waals surface area contributed by atoms with Gasteiger partial charge in [0, 0.05) is 40.3 Å². The Bertz CT molecular complexity index is 2130. The van der Waals surface area contributed by atoms with Crippen LogP contribution in [0.25, 0.3) is 22.6 Å². The van der Waals surface area contributed by atoms with Crippen LogP contribution in [0.5, 0.6) is 0 Å². The average Bonchev–Trinajstić information content (AvgIpc) is 3.48. The first-order valence-corrected chi connectivity index (χ1v) is 15.4. The number of hydrogen-bond acceptors (Lipinski definition) is 5. The van der Waals surface area contributed by atoms with Crippen molar-refractivity contribution in [1.82, 2.24) is 4.98 Å². The number of para-hydroxylation sites is 2. The van der Waals surface area contributed by atoms with Crippen LogP contribution < -0.4 is 4.90 Å². The molecular formula is C40H29N3O3. The van der Waals surface area contributed by atoms with Crippen molar-refractivity contribution in [3.8, 4) is 0 Å². The Balaban J connectivity index is 1.41. The van der Waals surface area contributed by atoms with E-state index in [9.17, 15) is 14.9 Å². The molecule has 1 fully saturated rings. The Labute approximate surface area is 266 Å². The number of ketones is 1. The Morgan fingerprint density at radius 1 is 0.674 bits per heavy atom. The maximum atomic E-state index is 14.9. The lowest BCUT2D eigenvalue weighted by Gasteiger charge is -2.39. The number of hydrogen-bond donors (Lipinski definition) is 0. The van der Waals surface area contributed by atoms with Crippen LogP contribution in [0.2, 0.25) is 0 Å². The molecule has 0 saturated carbocycles. The van der Waals surface area contributed by atoms with E-state index < -0.39 is 5.92 Å². The zero-order valence-electron chi connectivity index (χ0n) is 24.8. The molecule has 2 aliphatic heterocycles. The van der Waals surface area contributed by atoms with Crippen LogP contribution in [0.3, 0.4) is 0 Å². The lowest BCUT2D eigenvalue weighted by molar-refractivity contribution is -0.384. The second kappa shape index (κ2) is 11.2. The van der Waals surface area contributed by atoms with E-state index in [0.29, 0.717) is 5.56 Å². The fourth-order valence-electron chi connectivity index (χ4n) is 7.43. The summed E-state index contributed by atoms with van der Waals surface area (Å²) in [6.45, 7) is 0. The third-order valence-electron chi connectivity index (χ3n) is 9.40. The van der Waals surface area contributed by atoms with E-state index in [2.05, 4.69) is 53.4 Å². The first-order chi connectivity index (χ1) is 22.6. The van der Waals surface area contributed by atoms with Crippen molar-refractivity contribution in [3.05, 3.63) is 184 Å². The molecule has 8 rings (SSSR count). The number of nitrogens with zero attached hydrogens (tertiary/aromatic N) is 3. The van der Waals surface area contributed by atoms with Gasteiger partial charge in [0.15, 0.2) is 5.78 Å². The summed E-state index contributed by atoms with van der Waals surface area (Å²) in [5, 5.41) is 12.7. The number of nitro benzene ring substituents is 1. The summed E-state index contributed by atoms with van der Waals surface area (Å²) >= 11 is 0. The first kappa shape index (κ1) is 27.7. The highest BCUT2D eigenvalue weighted by Crippen LogP contribution is 2.58. The largest absolute Gasteiger partial charge is 0.355 e. The van der Waals surface area contributed by atoms with Crippen LogP contribution in [0.4, 0.5) is 11.4 Å². The molecule has 2 aliphatic rings. The molecule has 46 heavy (non-hydrogen) atoms. The Hall–Kier alpha value is -5.88. The van der Waals surface area contributed by atoms with Gasteiger partial charge in [0.1, 0.15) is 0 Å². The maximum absolute atomic E-state index is 14.9. The number of Topliss-reactive ketones (excluding diaryl/α,β-unsaturated/α-hetero) is 1. The van der Waals surface area contributed by atoms with Crippen LogP contribution >= 0.6 is 0 Å². The highest BCUT2D eigenvalue weighted by molar-refractivity contribution is 6.05. The van der Waals surface area contributed by atoms with E-state index in [1.165, 1.54) is 0 Å². The van der Waals surface area contributed by atoms with E-state index in [4.69, 9.17) is 4.98 Å². The number of carbonyl (C=O) groups is 1. The van der Waals surface area contributed by atoms with E-state index in [1.54, 1.807) is 12.1 Å². The molecule has 222 valence electrons. The van der Waals surface area contributed by atoms with Gasteiger partial charge in [-0.15, -0.1) is 0 Å². The molecule has 0 spiro atoms. The standard InChI is InChI=1S/C40H29N3O3/c44-40(29-14-5-2-6-15-29)37-36(27-12-3-1-4-13-27)38(28-19-22-31(23-20-28)43(45)46)42-35-18-10-8-16-30(35)25-32(39(37)42)34-24-21-26-11-7-9-17-33(26)41-34/h1-25,36-39H/t36-,37-,38-,39-/m1/s1. The fraction of sp³-hybridized carbons (Fsp3) is 0.100. The van der Waals surface area contributed by atoms with Gasteiger partial charge in [-0.3, -0.25) is 14.9 Å². The molecule has 6 nitrogen and oxygen atoms in total. The normalized spacial score (nSPS) is 20.1. The van der Waals surface area contributed by atoms with Gasteiger partial charge in [-0.1, -0.05) is 115 Å². The molecule has 0 bridgehead atoms. The predicted octanol–water partition coefficient (Wildman–Crippen LogP) is 8.91. The lowest BCUT2D eigenvalue weighted by atomic mass is 9.74. The number of non-ortho nitro benzene ring substituents is 1. The van der Waals surface area contributed by atoms with Crippen molar-refractivity contribution >= 4 is 39.7 Å². The van der Waals surface area contributed by atoms with Gasteiger partial charge in [0.2, 0.25) is 0 Å². The SMILES string of the molecule is O=C(c1ccccc1)[C@@H]1[C@@H](c2ccccc2)[C@@H](c2ccc([N+](=O)[O-])cc2)N2c3ccccc3C=C(c3ccc4ccccc4n3)[C@H]12. The molecule has 0 amide bonds. The van der Waals surface area contributed by atoms with Crippen molar-refractivity contribution in [1.29, 1.82) is 0 Å². The number of fused-ring (bicyclic) bond motifs is 4. The van der Waals surface area contributed by atoms with Crippen LogP contribution in [-0.4, -0.2) is 21.7 Å². The van der Waals surface area contributed by atoms with Gasteiger partial charge in [-0.2, -0.15) is 0 Å². The fourth-order valence-corrected chi connectivity index (χ4v) is 7.43. The minimum Gasteiger partial charge on any atom is -0.355 e. The van der Waals surface area contributed by atoms with E-state index in [-0.39, 0.29) is 34.4 Å². The molecule has 0 radical (unpaired) electrons. The van der Waals surface area contributed by atoms with Crippen molar-refractivity contribution in [2.75, 3.05) is 4.90 Å². The number of anilines is 1. The second-order valence-electron chi connectivity index (χ2n) is 11.9. The number of rotatable bonds is 6. The van der Waals surface area contributed by atoms with Crippen LogP contribution in [0.15, 0.2) is 146 Å². The summed E-state index contributed by atoms with van der Waals surface area (Å²) < 4.78 is 0. The summed E-state index contributed by atoms with van der Waals surface area (Å²) in [6, 6.07) is 46.4. The predicted molar refractivity (Wildman–Crippen MR) is 182 cm³/mol. The monoisotopic (exact) mass is 599 g/mol. The smallest absolute Gasteiger partial charge is 0.269 e. The maximum Gasteiger partial charge on any atom is 0.269 e. The Kier molecular flexibility index (Phi) is 6.76. The third kappa shape index (κ3) is 4.58. The van der Waals surface area contributed by atoms with Crippen molar-refractivity contribution in [3.63, 3.8) is 0 Å². The number of nitro groups is 1. The third-order valence-corrected chi connectivity index (χ3v) is 9.40. The summed E-state index contributed by atoms with van der Waals surface area (Å²) in [7, 11) is 0. The Morgan fingerprint density at radius 2 is 1.35 bits per heavy atom. The van der Waals surface area contributed by atoms with Gasteiger partial charge in [0.05, 0.1) is 34.1 Å². The average molecular weight is 600 g/mol. The van der Waals surface area contributed by atoms with E-state index in [0.717, 1.165) is 44.5 Å². The van der Waals surface area contributed by atoms with Crippen LogP contribution in [0, 0.1) is 16.0 Å². The number of aromatic nitrogens is 1. The van der Waals surface area contributed by atoms with Gasteiger partial charge < -0.3 is 4.90 Å². The van der Waals surface area contributed by atoms with Crippen LogP contribution in [0.1, 0.15) is 44.7 Å². The number of carbonyl (C=O) groups excluding carboxylic acids is 1. The zero-order valence-corrected chi connectivity index (χ0v) is 24.8. The molecule has 1 saturated heterocycles. The molecule has 6 heteroatoms. The molecular weight excluding hydrogens is 570 g/mol. The van der Waals surface area contributed by atoms with Crippen LogP contribution in [-0.2, 0) is 0 Å². The molecule has 4 atom stereocenters. The summed E-state index contributed by atoms with van der Waals surface area (Å²) in [6.07, 6.45) is 2.19. The first-order valence-electron chi connectivity index (χ1n) is 15.4. The summed E-state index contributed by atoms with van der Waals surface area (Å²) in [5.41, 5.74) is 7.39. The summed E-state index contributed by atoms with van der Waals surface area (Å²) in [4.78, 5) is 33.7. The molecule has 0 unspecified atom stereocenters. The van der Waals surface area contributed by atoms with Crippen molar-refractivity contribution in [2.24, 2.45) is 5.92 Å². The minimum absolute atomic E-state index is 0.0338. The van der Waals surface area contributed by atoms with Gasteiger partial charge in [-0.05, 0) is 41.0 Å². The molecule has 0 N–H and O–H groups in total. The lowest BCUT2D eigenvalue weighted by Crippen LogP contribution is -2.40. The molecule has 1 aromatic heterocycles. The zero-order chi connectivity index (χ0) is 31.2. The second-order valence-corrected chi connectivity index (χ2v) is 11.9. The summed E-state index contributed by atoms with van der Waals surface area (Å²) in [5.74, 6) is -0.701. The molecule has 5 aromatic carbocycles. The van der Waals surface area contributed by atoms with Crippen molar-refractivity contribution < 1.29 is 9.72 Å². The molecule has 3 heterocycles. The van der Waals surface area contributed by atoms with Gasteiger partial charge in [0.25, 0.3) is 5.69 Å². The number of benzene rings is 5. The highest BCUT2D eigenvalue weighted by atomic mass is 16.6. The molecule has 6 aromatic rings. The molecule has 0 aliphatic carbocycles. The number of pyridine rings is 1.